The van der Waals surface area contributed by atoms with E-state index < -0.39 is 0 Å². The maximum atomic E-state index is 12.2. The highest BCUT2D eigenvalue weighted by molar-refractivity contribution is 5.94. The first-order valence-corrected chi connectivity index (χ1v) is 6.80. The average molecular weight is 277 g/mol. The van der Waals surface area contributed by atoms with E-state index in [4.69, 9.17) is 0 Å². The second kappa shape index (κ2) is 7.08. The molecule has 4 heteroatoms. The Kier molecular flexibility index (Phi) is 5.74. The lowest BCUT2D eigenvalue weighted by Crippen LogP contribution is -2.34. The molecule has 0 aromatic heterocycles. The summed E-state index contributed by atoms with van der Waals surface area (Å²) in [5, 5.41) is 0. The summed E-state index contributed by atoms with van der Waals surface area (Å²) < 4.78 is 4.66. The number of nitrogens with zero attached hydrogens (tertiary/aromatic N) is 1. The van der Waals surface area contributed by atoms with Crippen LogP contribution in [0.15, 0.2) is 24.3 Å². The minimum Gasteiger partial charge on any atom is -0.469 e. The molecule has 0 N–H and O–H groups in total. The molecule has 1 aromatic rings. The normalized spacial score (nSPS) is 12.1. The van der Waals surface area contributed by atoms with Crippen molar-refractivity contribution in [2.45, 2.75) is 26.7 Å². The summed E-state index contributed by atoms with van der Waals surface area (Å²) in [6.07, 6.45) is 0. The molecule has 20 heavy (non-hydrogen) atoms. The van der Waals surface area contributed by atoms with Crippen molar-refractivity contribution < 1.29 is 14.3 Å². The van der Waals surface area contributed by atoms with E-state index in [1.165, 1.54) is 12.7 Å². The summed E-state index contributed by atoms with van der Waals surface area (Å²) in [5.74, 6) is -0.281. The molecule has 1 atom stereocenters. The quantitative estimate of drug-likeness (QED) is 0.777. The van der Waals surface area contributed by atoms with Crippen LogP contribution in [0.4, 0.5) is 0 Å². The number of methoxy groups -OCH3 is 1. The molecule has 0 aliphatic heterocycles. The van der Waals surface area contributed by atoms with Gasteiger partial charge in [0, 0.05) is 19.2 Å². The van der Waals surface area contributed by atoms with Gasteiger partial charge in [-0.2, -0.15) is 0 Å². The molecule has 1 aromatic carbocycles. The van der Waals surface area contributed by atoms with Gasteiger partial charge in [0.2, 0.25) is 0 Å². The van der Waals surface area contributed by atoms with Crippen LogP contribution in [0.2, 0.25) is 0 Å². The maximum absolute atomic E-state index is 12.2. The van der Waals surface area contributed by atoms with Gasteiger partial charge < -0.3 is 9.64 Å². The standard InChI is InChI=1S/C16H23NO3/c1-11(2)13-6-8-14(9-7-13)15(18)17(4)10-12(3)16(19)20-5/h6-9,11-12H,10H2,1-5H3. The zero-order chi connectivity index (χ0) is 15.3. The highest BCUT2D eigenvalue weighted by Crippen LogP contribution is 2.15. The fraction of sp³-hybridized carbons (Fsp3) is 0.500. The van der Waals surface area contributed by atoms with Gasteiger partial charge in [-0.15, -0.1) is 0 Å². The van der Waals surface area contributed by atoms with Crippen molar-refractivity contribution in [3.8, 4) is 0 Å². The van der Waals surface area contributed by atoms with Crippen LogP contribution in [0.1, 0.15) is 42.6 Å². The summed E-state index contributed by atoms with van der Waals surface area (Å²) in [4.78, 5) is 25.2. The van der Waals surface area contributed by atoms with E-state index >= 15 is 0 Å². The number of benzene rings is 1. The van der Waals surface area contributed by atoms with Crippen LogP contribution in [0, 0.1) is 5.92 Å². The molecular formula is C16H23NO3. The third-order valence-corrected chi connectivity index (χ3v) is 3.32. The summed E-state index contributed by atoms with van der Waals surface area (Å²) in [5.41, 5.74) is 1.83. The Labute approximate surface area is 120 Å². The van der Waals surface area contributed by atoms with E-state index in [0.717, 1.165) is 0 Å². The van der Waals surface area contributed by atoms with Gasteiger partial charge in [0.05, 0.1) is 13.0 Å². The van der Waals surface area contributed by atoms with E-state index in [0.29, 0.717) is 18.0 Å². The highest BCUT2D eigenvalue weighted by Gasteiger charge is 2.19. The van der Waals surface area contributed by atoms with Crippen molar-refractivity contribution in [1.29, 1.82) is 0 Å². The molecule has 0 aliphatic rings. The third-order valence-electron chi connectivity index (χ3n) is 3.32. The molecule has 0 saturated heterocycles. The van der Waals surface area contributed by atoms with Gasteiger partial charge in [0.15, 0.2) is 0 Å². The van der Waals surface area contributed by atoms with E-state index in [1.807, 2.05) is 24.3 Å². The minimum atomic E-state index is -0.330. The van der Waals surface area contributed by atoms with Crippen LogP contribution in [-0.2, 0) is 9.53 Å². The van der Waals surface area contributed by atoms with Gasteiger partial charge >= 0.3 is 5.97 Å². The minimum absolute atomic E-state index is 0.0870. The first-order chi connectivity index (χ1) is 9.36. The molecule has 0 saturated carbocycles. The zero-order valence-electron chi connectivity index (χ0n) is 12.8. The molecule has 110 valence electrons. The Morgan fingerprint density at radius 3 is 2.15 bits per heavy atom. The lowest BCUT2D eigenvalue weighted by atomic mass is 10.0. The zero-order valence-corrected chi connectivity index (χ0v) is 12.8. The number of rotatable bonds is 5. The summed E-state index contributed by atoms with van der Waals surface area (Å²) in [6.45, 7) is 6.32. The molecule has 1 amide bonds. The Morgan fingerprint density at radius 2 is 1.70 bits per heavy atom. The molecule has 1 unspecified atom stereocenters. The SMILES string of the molecule is COC(=O)C(C)CN(C)C(=O)c1ccc(C(C)C)cc1. The van der Waals surface area contributed by atoms with E-state index in [-0.39, 0.29) is 17.8 Å². The van der Waals surface area contributed by atoms with Crippen LogP contribution in [0.5, 0.6) is 0 Å². The number of esters is 1. The van der Waals surface area contributed by atoms with Crippen molar-refractivity contribution in [2.75, 3.05) is 20.7 Å². The smallest absolute Gasteiger partial charge is 0.310 e. The lowest BCUT2D eigenvalue weighted by Gasteiger charge is -2.20. The molecule has 0 heterocycles. The molecule has 0 fully saturated rings. The van der Waals surface area contributed by atoms with Crippen LogP contribution < -0.4 is 0 Å². The predicted molar refractivity (Wildman–Crippen MR) is 78.7 cm³/mol. The number of hydrogen-bond acceptors (Lipinski definition) is 3. The van der Waals surface area contributed by atoms with Gasteiger partial charge in [-0.3, -0.25) is 9.59 Å². The van der Waals surface area contributed by atoms with Crippen LogP contribution >= 0.6 is 0 Å². The lowest BCUT2D eigenvalue weighted by molar-refractivity contribution is -0.145. The maximum Gasteiger partial charge on any atom is 0.310 e. The molecule has 0 spiro atoms. The molecule has 0 radical (unpaired) electrons. The first-order valence-electron chi connectivity index (χ1n) is 6.80. The topological polar surface area (TPSA) is 46.6 Å². The Bertz CT molecular complexity index is 465. The van der Waals surface area contributed by atoms with Crippen molar-refractivity contribution in [2.24, 2.45) is 5.92 Å². The second-order valence-electron chi connectivity index (χ2n) is 5.39. The molecule has 1 rings (SSSR count). The number of hydrogen-bond donors (Lipinski definition) is 0. The van der Waals surface area contributed by atoms with Crippen LogP contribution in [-0.4, -0.2) is 37.5 Å². The summed E-state index contributed by atoms with van der Waals surface area (Å²) in [6, 6.07) is 7.60. The average Bonchev–Trinajstić information content (AvgIpc) is 2.45. The summed E-state index contributed by atoms with van der Waals surface area (Å²) in [7, 11) is 3.05. The van der Waals surface area contributed by atoms with E-state index in [9.17, 15) is 9.59 Å². The molecule has 4 nitrogen and oxygen atoms in total. The molecular weight excluding hydrogens is 254 g/mol. The predicted octanol–water partition coefficient (Wildman–Crippen LogP) is 2.69. The first kappa shape index (κ1) is 16.2. The fourth-order valence-corrected chi connectivity index (χ4v) is 2.00. The number of amides is 1. The van der Waals surface area contributed by atoms with E-state index in [1.54, 1.807) is 18.9 Å². The number of ether oxygens (including phenoxy) is 1. The van der Waals surface area contributed by atoms with Crippen molar-refractivity contribution in [3.63, 3.8) is 0 Å². The van der Waals surface area contributed by atoms with Crippen molar-refractivity contribution >= 4 is 11.9 Å². The molecule has 0 bridgehead atoms. The largest absolute Gasteiger partial charge is 0.469 e. The number of carbonyl (C=O) groups is 2. The second-order valence-corrected chi connectivity index (χ2v) is 5.39. The van der Waals surface area contributed by atoms with Gasteiger partial charge in [-0.1, -0.05) is 32.9 Å². The Hall–Kier alpha value is -1.84. The molecule has 0 aliphatic carbocycles. The van der Waals surface area contributed by atoms with Crippen molar-refractivity contribution in [3.05, 3.63) is 35.4 Å². The highest BCUT2D eigenvalue weighted by atomic mass is 16.5. The monoisotopic (exact) mass is 277 g/mol. The van der Waals surface area contributed by atoms with Gasteiger partial charge in [0.1, 0.15) is 0 Å². The number of carbonyl (C=O) groups excluding carboxylic acids is 2. The van der Waals surface area contributed by atoms with Crippen LogP contribution in [0.25, 0.3) is 0 Å². The Morgan fingerprint density at radius 1 is 1.15 bits per heavy atom. The fourth-order valence-electron chi connectivity index (χ4n) is 2.00. The third kappa shape index (κ3) is 4.08. The van der Waals surface area contributed by atoms with Gasteiger partial charge in [-0.05, 0) is 23.6 Å². The van der Waals surface area contributed by atoms with Crippen LogP contribution in [0.3, 0.4) is 0 Å². The Balaban J connectivity index is 2.71. The van der Waals surface area contributed by atoms with Gasteiger partial charge in [0.25, 0.3) is 5.91 Å². The van der Waals surface area contributed by atoms with Crippen molar-refractivity contribution in [1.82, 2.24) is 4.90 Å². The summed E-state index contributed by atoms with van der Waals surface area (Å²) >= 11 is 0. The van der Waals surface area contributed by atoms with Gasteiger partial charge in [-0.25, -0.2) is 0 Å². The van der Waals surface area contributed by atoms with E-state index in [2.05, 4.69) is 18.6 Å².